The van der Waals surface area contributed by atoms with Crippen molar-refractivity contribution < 1.29 is 38.6 Å². The van der Waals surface area contributed by atoms with E-state index in [2.05, 4.69) is 29.8 Å². The second-order valence-corrected chi connectivity index (χ2v) is 14.2. The van der Waals surface area contributed by atoms with Gasteiger partial charge in [-0.3, -0.25) is 19.2 Å². The highest BCUT2D eigenvalue weighted by Crippen LogP contribution is 2.41. The third-order valence-corrected chi connectivity index (χ3v) is 8.63. The molecule has 1 fully saturated rings. The summed E-state index contributed by atoms with van der Waals surface area (Å²) in [6.45, 7) is 13.1. The number of carbonyl (C=O) groups excluding carboxylic acids is 5. The largest absolute Gasteiger partial charge is 0.465 e. The van der Waals surface area contributed by atoms with E-state index in [9.17, 15) is 29.1 Å². The van der Waals surface area contributed by atoms with E-state index in [1.54, 1.807) is 20.8 Å². The first kappa shape index (κ1) is 41.3. The van der Waals surface area contributed by atoms with Gasteiger partial charge in [0.2, 0.25) is 17.7 Å². The normalized spacial score (nSPS) is 16.8. The summed E-state index contributed by atoms with van der Waals surface area (Å²) in [5, 5.41) is 17.9. The van der Waals surface area contributed by atoms with Crippen molar-refractivity contribution in [2.45, 2.75) is 150 Å². The number of amides is 3. The Kier molecular flexibility index (Phi) is 18.4. The topological polar surface area (TPSA) is 186 Å². The molecule has 3 amide bonds. The van der Waals surface area contributed by atoms with Crippen molar-refractivity contribution in [3.63, 3.8) is 0 Å². The zero-order chi connectivity index (χ0) is 34.9. The van der Waals surface area contributed by atoms with E-state index >= 15 is 0 Å². The highest BCUT2D eigenvalue weighted by molar-refractivity contribution is 5.92. The van der Waals surface area contributed by atoms with Crippen molar-refractivity contribution in [2.75, 3.05) is 19.8 Å². The number of aliphatic hydroxyl groups is 1. The molecule has 0 saturated heterocycles. The lowest BCUT2D eigenvalue weighted by atomic mass is 9.68. The average Bonchev–Trinajstić information content (AvgIpc) is 2.98. The monoisotopic (exact) mass is 654 g/mol. The van der Waals surface area contributed by atoms with Crippen molar-refractivity contribution >= 4 is 29.7 Å². The van der Waals surface area contributed by atoms with Crippen molar-refractivity contribution in [3.8, 4) is 0 Å². The lowest BCUT2D eigenvalue weighted by molar-refractivity contribution is -0.148. The zero-order valence-electron chi connectivity index (χ0n) is 29.4. The summed E-state index contributed by atoms with van der Waals surface area (Å²) in [6, 6.07) is -3.36. The number of hydrogen-bond donors (Lipinski definition) is 5. The van der Waals surface area contributed by atoms with Crippen LogP contribution in [0.3, 0.4) is 0 Å². The van der Waals surface area contributed by atoms with Crippen molar-refractivity contribution in [3.05, 3.63) is 0 Å². The molecule has 12 heteroatoms. The van der Waals surface area contributed by atoms with Crippen LogP contribution in [0.4, 0.5) is 0 Å². The van der Waals surface area contributed by atoms with E-state index in [-0.39, 0.29) is 44.0 Å². The second-order valence-electron chi connectivity index (χ2n) is 14.2. The van der Waals surface area contributed by atoms with E-state index in [4.69, 9.17) is 15.2 Å². The van der Waals surface area contributed by atoms with Gasteiger partial charge in [-0.05, 0) is 70.6 Å². The van der Waals surface area contributed by atoms with E-state index in [0.717, 1.165) is 6.42 Å². The minimum absolute atomic E-state index is 0.0333. The molecule has 0 aromatic carbocycles. The van der Waals surface area contributed by atoms with Crippen molar-refractivity contribution in [1.82, 2.24) is 16.0 Å². The Balaban J connectivity index is 2.68. The predicted molar refractivity (Wildman–Crippen MR) is 176 cm³/mol. The molecule has 0 radical (unpaired) electrons. The smallest absolute Gasteiger partial charge is 0.328 e. The Bertz CT molecular complexity index is 980. The van der Waals surface area contributed by atoms with Gasteiger partial charge in [-0.25, -0.2) is 4.79 Å². The van der Waals surface area contributed by atoms with Crippen LogP contribution in [0.5, 0.6) is 0 Å². The fraction of sp³-hybridized carbons (Fsp3) is 0.853. The van der Waals surface area contributed by atoms with Gasteiger partial charge < -0.3 is 36.3 Å². The van der Waals surface area contributed by atoms with Gasteiger partial charge in [-0.1, -0.05) is 59.8 Å². The number of nitrogens with two attached hydrogens (primary N) is 1. The highest BCUT2D eigenvalue weighted by Gasteiger charge is 2.37. The zero-order valence-corrected chi connectivity index (χ0v) is 29.4. The lowest BCUT2D eigenvalue weighted by Crippen LogP contribution is -2.53. The highest BCUT2D eigenvalue weighted by atomic mass is 16.5. The molecule has 0 aromatic rings. The van der Waals surface area contributed by atoms with Gasteiger partial charge in [-0.15, -0.1) is 0 Å². The molecule has 4 atom stereocenters. The Labute approximate surface area is 276 Å². The number of esters is 2. The molecule has 1 aliphatic rings. The van der Waals surface area contributed by atoms with E-state index in [1.807, 2.05) is 13.8 Å². The number of ether oxygens (including phenoxy) is 2. The van der Waals surface area contributed by atoms with Crippen LogP contribution in [0.15, 0.2) is 0 Å². The summed E-state index contributed by atoms with van der Waals surface area (Å²) < 4.78 is 10.0. The minimum atomic E-state index is -1.10. The number of hydrogen-bond acceptors (Lipinski definition) is 9. The summed E-state index contributed by atoms with van der Waals surface area (Å²) in [5.74, 6) is -1.71. The first-order valence-corrected chi connectivity index (χ1v) is 17.2. The SMILES string of the molecule is CCOC(=O)C(N)CCCC(CO)NC(=O)CCC(NC(=O)C(C)NC(=O)C(C)(C)CC(C)(C)CC1CCCCC1)C(=O)OCC. The number of aliphatic hydroxyl groups excluding tert-OH is 1. The summed E-state index contributed by atoms with van der Waals surface area (Å²) in [6.07, 6.45) is 9.11. The van der Waals surface area contributed by atoms with Crippen LogP contribution >= 0.6 is 0 Å². The van der Waals surface area contributed by atoms with Gasteiger partial charge in [-0.2, -0.15) is 0 Å². The molecule has 46 heavy (non-hydrogen) atoms. The molecule has 0 spiro atoms. The molecule has 1 rings (SSSR count). The number of nitrogens with one attached hydrogen (secondary N) is 3. The molecule has 0 heterocycles. The molecule has 1 saturated carbocycles. The summed E-state index contributed by atoms with van der Waals surface area (Å²) in [7, 11) is 0. The summed E-state index contributed by atoms with van der Waals surface area (Å²) in [4.78, 5) is 63.4. The Morgan fingerprint density at radius 1 is 0.870 bits per heavy atom. The van der Waals surface area contributed by atoms with E-state index < -0.39 is 53.3 Å². The van der Waals surface area contributed by atoms with Crippen LogP contribution in [-0.2, 0) is 33.4 Å². The predicted octanol–water partition coefficient (Wildman–Crippen LogP) is 3.27. The Morgan fingerprint density at radius 2 is 1.48 bits per heavy atom. The van der Waals surface area contributed by atoms with Gasteiger partial charge in [0.25, 0.3) is 0 Å². The van der Waals surface area contributed by atoms with Gasteiger partial charge in [0.05, 0.1) is 25.9 Å². The molecule has 1 aliphatic carbocycles. The van der Waals surface area contributed by atoms with Crippen LogP contribution in [0, 0.1) is 16.7 Å². The minimum Gasteiger partial charge on any atom is -0.465 e. The third kappa shape index (κ3) is 15.7. The summed E-state index contributed by atoms with van der Waals surface area (Å²) in [5.41, 5.74) is 5.06. The first-order valence-electron chi connectivity index (χ1n) is 17.2. The molecule has 4 unspecified atom stereocenters. The molecule has 12 nitrogen and oxygen atoms in total. The summed E-state index contributed by atoms with van der Waals surface area (Å²) >= 11 is 0. The van der Waals surface area contributed by atoms with Crippen molar-refractivity contribution in [2.24, 2.45) is 22.5 Å². The van der Waals surface area contributed by atoms with Crippen LogP contribution < -0.4 is 21.7 Å². The average molecular weight is 655 g/mol. The second kappa shape index (κ2) is 20.5. The third-order valence-electron chi connectivity index (χ3n) is 8.63. The van der Waals surface area contributed by atoms with Gasteiger partial charge in [0.1, 0.15) is 18.1 Å². The van der Waals surface area contributed by atoms with Gasteiger partial charge >= 0.3 is 11.9 Å². The van der Waals surface area contributed by atoms with Crippen molar-refractivity contribution in [1.29, 1.82) is 0 Å². The van der Waals surface area contributed by atoms with Crippen LogP contribution in [0.2, 0.25) is 0 Å². The van der Waals surface area contributed by atoms with Gasteiger partial charge in [0, 0.05) is 11.8 Å². The first-order chi connectivity index (χ1) is 21.5. The maximum atomic E-state index is 13.3. The molecule has 266 valence electrons. The van der Waals surface area contributed by atoms with Crippen LogP contribution in [0.1, 0.15) is 126 Å². The molecular weight excluding hydrogens is 592 g/mol. The lowest BCUT2D eigenvalue weighted by Gasteiger charge is -2.37. The van der Waals surface area contributed by atoms with Crippen LogP contribution in [-0.4, -0.2) is 78.8 Å². The Morgan fingerprint density at radius 3 is 2.07 bits per heavy atom. The fourth-order valence-corrected chi connectivity index (χ4v) is 6.50. The van der Waals surface area contributed by atoms with E-state index in [1.165, 1.54) is 32.1 Å². The standard InChI is InChI=1S/C34H62N4O8/c1-8-45-30(42)26(35)17-13-16-25(21-39)37-28(40)19-18-27(31(43)46-9-2)38-29(41)23(3)36-32(44)34(6,7)22-33(4,5)20-24-14-11-10-12-15-24/h23-27,39H,8-22,35H2,1-7H3,(H,36,44)(H,37,40)(H,38,41). The van der Waals surface area contributed by atoms with Crippen LogP contribution in [0.25, 0.3) is 0 Å². The molecular formula is C34H62N4O8. The maximum Gasteiger partial charge on any atom is 0.328 e. The van der Waals surface area contributed by atoms with E-state index in [0.29, 0.717) is 31.6 Å². The van der Waals surface area contributed by atoms with Gasteiger partial charge in [0.15, 0.2) is 0 Å². The Hall–Kier alpha value is -2.73. The molecule has 0 bridgehead atoms. The number of rotatable bonds is 21. The molecule has 6 N–H and O–H groups in total. The molecule has 0 aromatic heterocycles. The molecule has 0 aliphatic heterocycles. The maximum absolute atomic E-state index is 13.3. The quantitative estimate of drug-likeness (QED) is 0.116. The fourth-order valence-electron chi connectivity index (χ4n) is 6.50. The number of carbonyl (C=O) groups is 5.